The molecular weight excluding hydrogens is 760 g/mol. The third kappa shape index (κ3) is 16.2. The van der Waals surface area contributed by atoms with E-state index < -0.39 is 6.80 Å². The van der Waals surface area contributed by atoms with E-state index in [-0.39, 0.29) is 0 Å². The summed E-state index contributed by atoms with van der Waals surface area (Å²) in [4.78, 5) is 1.08. The first kappa shape index (κ1) is 51.2. The largest absolute Gasteiger partial charge is 0.497 e. The first-order valence-electron chi connectivity index (χ1n) is 24.9. The molecule has 59 heavy (non-hydrogen) atoms. The van der Waals surface area contributed by atoms with Gasteiger partial charge in [-0.1, -0.05) is 138 Å². The van der Waals surface area contributed by atoms with Crippen molar-refractivity contribution in [2.24, 2.45) is 0 Å². The van der Waals surface area contributed by atoms with E-state index in [0.717, 1.165) is 151 Å². The molecule has 0 heterocycles. The molecule has 3 aromatic carbocycles. The zero-order valence-electron chi connectivity index (χ0n) is 39.6. The fourth-order valence-electron chi connectivity index (χ4n) is 8.52. The maximum Gasteiger partial charge on any atom is 0.497 e. The molecule has 3 nitrogen and oxygen atoms in total. The zero-order chi connectivity index (χ0) is 42.9. The molecular formula is C54H87O3PS. The van der Waals surface area contributed by atoms with Gasteiger partial charge in [0.25, 0.3) is 0 Å². The average Bonchev–Trinajstić information content (AvgIpc) is 3.24. The van der Waals surface area contributed by atoms with E-state index in [0.29, 0.717) is 0 Å². The van der Waals surface area contributed by atoms with E-state index in [1.807, 2.05) is 0 Å². The minimum atomic E-state index is -3.89. The van der Waals surface area contributed by atoms with Crippen LogP contribution in [-0.2, 0) is 62.4 Å². The molecule has 332 valence electrons. The highest BCUT2D eigenvalue weighted by Crippen LogP contribution is 2.64. The van der Waals surface area contributed by atoms with Crippen molar-refractivity contribution in [2.45, 2.75) is 241 Å². The minimum absolute atomic E-state index is 0.766. The van der Waals surface area contributed by atoms with Crippen LogP contribution in [0.4, 0.5) is 0 Å². The third-order valence-electron chi connectivity index (χ3n) is 12.2. The molecule has 0 saturated heterocycles. The summed E-state index contributed by atoms with van der Waals surface area (Å²) in [6, 6.07) is 13.5. The lowest BCUT2D eigenvalue weighted by molar-refractivity contribution is 0.403. The molecule has 0 bridgehead atoms. The Labute approximate surface area is 368 Å². The molecule has 0 aliphatic carbocycles. The van der Waals surface area contributed by atoms with Gasteiger partial charge in [-0.25, -0.2) is 4.57 Å². The van der Waals surface area contributed by atoms with Crippen molar-refractivity contribution in [2.75, 3.05) is 0 Å². The first-order chi connectivity index (χ1) is 28.8. The van der Waals surface area contributed by atoms with Gasteiger partial charge in [0.1, 0.15) is 11.5 Å². The summed E-state index contributed by atoms with van der Waals surface area (Å²) < 4.78 is 30.6. The van der Waals surface area contributed by atoms with Gasteiger partial charge in [0.05, 0.1) is 0 Å². The summed E-state index contributed by atoms with van der Waals surface area (Å²) in [6.07, 6.45) is 29.8. The summed E-state index contributed by atoms with van der Waals surface area (Å²) in [6.45, 7) is 16.7. The van der Waals surface area contributed by atoms with Gasteiger partial charge in [0, 0.05) is 16.3 Å². The summed E-state index contributed by atoms with van der Waals surface area (Å²) in [5.74, 6) is 1.53. The standard InChI is InChI=1S/C54H87O3PS/c1-10-19-28-43-37-40-52(49(34-25-16-7)46(43)31-22-13-4)56-58(55,57-53-41-38-44(29-20-11-2)47(32-23-14-5)50(53)35-26-17-8)59-54-42-39-45(30-21-12-3)48(33-24-15-6)51(54)36-27-18-9/h37-42H,10-36H2,1-9H3. The Morgan fingerprint density at radius 2 is 0.627 bits per heavy atom. The Balaban J connectivity index is 2.37. The zero-order valence-corrected chi connectivity index (χ0v) is 41.3. The first-order valence-corrected chi connectivity index (χ1v) is 27.8. The van der Waals surface area contributed by atoms with Crippen LogP contribution in [0.3, 0.4) is 0 Å². The summed E-state index contributed by atoms with van der Waals surface area (Å²) >= 11 is 1.40. The Bertz CT molecular complexity index is 1480. The summed E-state index contributed by atoms with van der Waals surface area (Å²) in [7, 11) is 0. The van der Waals surface area contributed by atoms with Gasteiger partial charge in [-0.05, 0) is 184 Å². The number of aryl methyl sites for hydroxylation is 3. The van der Waals surface area contributed by atoms with Crippen molar-refractivity contribution in [3.8, 4) is 11.5 Å². The molecule has 0 radical (unpaired) electrons. The molecule has 0 atom stereocenters. The van der Waals surface area contributed by atoms with Gasteiger partial charge < -0.3 is 9.05 Å². The summed E-state index contributed by atoms with van der Waals surface area (Å²) in [5, 5.41) is 0. The predicted octanol–water partition coefficient (Wildman–Crippen LogP) is 18.1. The lowest BCUT2D eigenvalue weighted by Gasteiger charge is -2.27. The predicted molar refractivity (Wildman–Crippen MR) is 262 cm³/mol. The lowest BCUT2D eigenvalue weighted by atomic mass is 9.90. The quantitative estimate of drug-likeness (QED) is 0.0572. The Hall–Kier alpha value is -2.16. The van der Waals surface area contributed by atoms with Crippen molar-refractivity contribution in [1.82, 2.24) is 0 Å². The molecule has 0 aromatic heterocycles. The molecule has 0 spiro atoms. The van der Waals surface area contributed by atoms with E-state index in [1.54, 1.807) is 0 Å². The molecule has 0 unspecified atom stereocenters. The normalized spacial score (nSPS) is 11.7. The van der Waals surface area contributed by atoms with Gasteiger partial charge in [-0.2, -0.15) is 0 Å². The number of hydrogen-bond donors (Lipinski definition) is 0. The number of benzene rings is 3. The highest BCUT2D eigenvalue weighted by atomic mass is 32.7. The van der Waals surface area contributed by atoms with E-state index in [1.165, 1.54) is 100.0 Å². The fraction of sp³-hybridized carbons (Fsp3) is 0.667. The van der Waals surface area contributed by atoms with E-state index >= 15 is 4.57 Å². The molecule has 0 amide bonds. The van der Waals surface area contributed by atoms with Crippen LogP contribution in [0.2, 0.25) is 0 Å². The second kappa shape index (κ2) is 29.2. The monoisotopic (exact) mass is 847 g/mol. The SMILES string of the molecule is CCCCc1ccc(OP(=O)(Oc2ccc(CCCC)c(CCCC)c2CCCC)Sc2ccc(CCCC)c(CCCC)c2CCCC)c(CCCC)c1CCCC. The molecule has 0 saturated carbocycles. The van der Waals surface area contributed by atoms with Gasteiger partial charge in [-0.3, -0.25) is 0 Å². The second-order valence-corrected chi connectivity index (χ2v) is 21.0. The highest BCUT2D eigenvalue weighted by molar-refractivity contribution is 8.55. The van der Waals surface area contributed by atoms with Gasteiger partial charge in [0.15, 0.2) is 0 Å². The van der Waals surface area contributed by atoms with Crippen LogP contribution in [-0.4, -0.2) is 0 Å². The maximum absolute atomic E-state index is 16.3. The lowest BCUT2D eigenvalue weighted by Crippen LogP contribution is -2.09. The maximum atomic E-state index is 16.3. The molecule has 0 fully saturated rings. The van der Waals surface area contributed by atoms with Crippen molar-refractivity contribution < 1.29 is 13.6 Å². The highest BCUT2D eigenvalue weighted by Gasteiger charge is 2.35. The fourth-order valence-corrected chi connectivity index (χ4v) is 12.1. The molecule has 3 aromatic rings. The van der Waals surface area contributed by atoms with Crippen LogP contribution in [0.1, 0.15) is 228 Å². The molecule has 0 N–H and O–H groups in total. The third-order valence-corrected chi connectivity index (χ3v) is 15.5. The van der Waals surface area contributed by atoms with Crippen LogP contribution in [0, 0.1) is 0 Å². The number of rotatable bonds is 33. The number of hydrogen-bond acceptors (Lipinski definition) is 4. The average molecular weight is 847 g/mol. The van der Waals surface area contributed by atoms with Crippen molar-refractivity contribution in [3.05, 3.63) is 86.5 Å². The summed E-state index contributed by atoms with van der Waals surface area (Å²) in [5.41, 5.74) is 12.6. The minimum Gasteiger partial charge on any atom is -0.408 e. The molecule has 0 aliphatic heterocycles. The van der Waals surface area contributed by atoms with Crippen LogP contribution in [0.5, 0.6) is 11.5 Å². The Morgan fingerprint density at radius 1 is 0.356 bits per heavy atom. The van der Waals surface area contributed by atoms with Crippen LogP contribution >= 0.6 is 18.2 Å². The van der Waals surface area contributed by atoms with Gasteiger partial charge >= 0.3 is 6.80 Å². The van der Waals surface area contributed by atoms with Gasteiger partial charge in [0.2, 0.25) is 0 Å². The smallest absolute Gasteiger partial charge is 0.408 e. The Morgan fingerprint density at radius 3 is 0.966 bits per heavy atom. The van der Waals surface area contributed by atoms with Crippen LogP contribution < -0.4 is 9.05 Å². The van der Waals surface area contributed by atoms with E-state index in [2.05, 4.69) is 98.7 Å². The number of unbranched alkanes of at least 4 members (excludes halogenated alkanes) is 9. The van der Waals surface area contributed by atoms with Crippen LogP contribution in [0.25, 0.3) is 0 Å². The van der Waals surface area contributed by atoms with E-state index in [9.17, 15) is 0 Å². The topological polar surface area (TPSA) is 35.5 Å². The van der Waals surface area contributed by atoms with Crippen molar-refractivity contribution in [3.63, 3.8) is 0 Å². The van der Waals surface area contributed by atoms with Crippen LogP contribution in [0.15, 0.2) is 41.3 Å². The molecule has 3 rings (SSSR count). The molecule has 5 heteroatoms. The van der Waals surface area contributed by atoms with E-state index in [4.69, 9.17) is 9.05 Å². The molecule has 0 aliphatic rings. The van der Waals surface area contributed by atoms with Gasteiger partial charge in [-0.15, -0.1) is 0 Å². The Kier molecular flexibility index (Phi) is 25.3. The van der Waals surface area contributed by atoms with Crippen molar-refractivity contribution >= 4 is 18.2 Å². The second-order valence-electron chi connectivity index (χ2n) is 17.2. The van der Waals surface area contributed by atoms with Crippen molar-refractivity contribution in [1.29, 1.82) is 0 Å².